The topological polar surface area (TPSA) is 113 Å². The van der Waals surface area contributed by atoms with Crippen molar-refractivity contribution in [3.8, 4) is 6.07 Å². The van der Waals surface area contributed by atoms with Gasteiger partial charge in [0.2, 0.25) is 0 Å². The van der Waals surface area contributed by atoms with E-state index < -0.39 is 14.8 Å². The lowest BCUT2D eigenvalue weighted by Crippen LogP contribution is -2.17. The van der Waals surface area contributed by atoms with Crippen LogP contribution in [-0.2, 0) is 9.84 Å². The average Bonchev–Trinajstić information content (AvgIpc) is 2.38. The summed E-state index contributed by atoms with van der Waals surface area (Å²) in [7, 11) is -3.08. The molecule has 0 aliphatic rings. The molecule has 0 atom stereocenters. The summed E-state index contributed by atoms with van der Waals surface area (Å²) in [6.07, 6.45) is 0. The molecule has 1 aromatic carbocycles. The number of nitrogens with one attached hydrogen (secondary N) is 1. The van der Waals surface area contributed by atoms with Gasteiger partial charge in [-0.15, -0.1) is 0 Å². The molecule has 0 unspecified atom stereocenters. The fourth-order valence-electron chi connectivity index (χ4n) is 1.38. The highest BCUT2D eigenvalue weighted by atomic mass is 32.2. The number of anilines is 1. The van der Waals surface area contributed by atoms with Gasteiger partial charge in [0.1, 0.15) is 11.6 Å². The number of benzene rings is 1. The number of sulfone groups is 1. The first kappa shape index (κ1) is 14.9. The molecule has 0 heterocycles. The Balaban J connectivity index is 2.79. The Labute approximate surface area is 110 Å². The summed E-state index contributed by atoms with van der Waals surface area (Å²) < 4.78 is 22.5. The van der Waals surface area contributed by atoms with Gasteiger partial charge in [0.15, 0.2) is 9.84 Å². The van der Waals surface area contributed by atoms with Crippen molar-refractivity contribution in [1.29, 1.82) is 5.26 Å². The van der Waals surface area contributed by atoms with Crippen molar-refractivity contribution < 1.29 is 13.3 Å². The smallest absolute Gasteiger partial charge is 0.289 e. The molecule has 0 fully saturated rings. The summed E-state index contributed by atoms with van der Waals surface area (Å²) in [5.41, 5.74) is 0.0829. The van der Waals surface area contributed by atoms with Crippen molar-refractivity contribution in [3.05, 3.63) is 33.9 Å². The highest BCUT2D eigenvalue weighted by Gasteiger charge is 2.14. The van der Waals surface area contributed by atoms with Gasteiger partial charge in [-0.1, -0.05) is 6.92 Å². The van der Waals surface area contributed by atoms with Crippen LogP contribution < -0.4 is 5.32 Å². The predicted octanol–water partition coefficient (Wildman–Crippen LogP) is 1.31. The molecule has 0 saturated heterocycles. The van der Waals surface area contributed by atoms with Crippen LogP contribution in [0.4, 0.5) is 11.4 Å². The molecule has 19 heavy (non-hydrogen) atoms. The van der Waals surface area contributed by atoms with E-state index in [0.29, 0.717) is 5.69 Å². The van der Waals surface area contributed by atoms with Crippen molar-refractivity contribution in [3.63, 3.8) is 0 Å². The first-order valence-electron chi connectivity index (χ1n) is 5.52. The number of hydrogen-bond donors (Lipinski definition) is 1. The van der Waals surface area contributed by atoms with Gasteiger partial charge in [0.25, 0.3) is 5.69 Å². The van der Waals surface area contributed by atoms with Crippen LogP contribution in [0.2, 0.25) is 0 Å². The van der Waals surface area contributed by atoms with Crippen LogP contribution in [-0.4, -0.2) is 31.4 Å². The average molecular weight is 283 g/mol. The zero-order valence-electron chi connectivity index (χ0n) is 10.3. The highest BCUT2D eigenvalue weighted by Crippen LogP contribution is 2.22. The molecule has 1 rings (SSSR count). The Hall–Kier alpha value is -2.14. The minimum atomic E-state index is -3.08. The fourth-order valence-corrected chi connectivity index (χ4v) is 2.08. The first-order valence-corrected chi connectivity index (χ1v) is 7.34. The zero-order chi connectivity index (χ0) is 14.5. The lowest BCUT2D eigenvalue weighted by Gasteiger charge is -2.06. The van der Waals surface area contributed by atoms with Crippen molar-refractivity contribution in [2.75, 3.05) is 23.4 Å². The number of nitriles is 1. The van der Waals surface area contributed by atoms with Crippen molar-refractivity contribution in [2.45, 2.75) is 6.92 Å². The summed E-state index contributed by atoms with van der Waals surface area (Å²) in [4.78, 5) is 10.1. The van der Waals surface area contributed by atoms with E-state index in [1.807, 2.05) is 0 Å². The third-order valence-electron chi connectivity index (χ3n) is 2.50. The van der Waals surface area contributed by atoms with Gasteiger partial charge in [-0.3, -0.25) is 10.1 Å². The maximum absolute atomic E-state index is 11.3. The third kappa shape index (κ3) is 4.22. The molecule has 1 N–H and O–H groups in total. The van der Waals surface area contributed by atoms with Crippen LogP contribution in [0, 0.1) is 21.4 Å². The quantitative estimate of drug-likeness (QED) is 0.622. The van der Waals surface area contributed by atoms with Gasteiger partial charge in [-0.2, -0.15) is 5.26 Å². The number of rotatable bonds is 6. The largest absolute Gasteiger partial charge is 0.384 e. The van der Waals surface area contributed by atoms with E-state index in [1.165, 1.54) is 18.2 Å². The van der Waals surface area contributed by atoms with E-state index >= 15 is 0 Å². The minimum Gasteiger partial charge on any atom is -0.384 e. The van der Waals surface area contributed by atoms with E-state index in [-0.39, 0.29) is 29.3 Å². The summed E-state index contributed by atoms with van der Waals surface area (Å²) in [6, 6.07) is 5.78. The van der Waals surface area contributed by atoms with Crippen LogP contribution >= 0.6 is 0 Å². The molecule has 0 aliphatic heterocycles. The number of nitro benzene ring substituents is 1. The predicted molar refractivity (Wildman–Crippen MR) is 70.6 cm³/mol. The van der Waals surface area contributed by atoms with E-state index in [2.05, 4.69) is 5.32 Å². The Bertz CT molecular complexity index is 619. The van der Waals surface area contributed by atoms with E-state index in [1.54, 1.807) is 13.0 Å². The van der Waals surface area contributed by atoms with Crippen LogP contribution in [0.5, 0.6) is 0 Å². The highest BCUT2D eigenvalue weighted by molar-refractivity contribution is 7.91. The van der Waals surface area contributed by atoms with Gasteiger partial charge in [0.05, 0.1) is 10.7 Å². The van der Waals surface area contributed by atoms with Crippen LogP contribution in [0.3, 0.4) is 0 Å². The summed E-state index contributed by atoms with van der Waals surface area (Å²) >= 11 is 0. The minimum absolute atomic E-state index is 0.0308. The normalized spacial score (nSPS) is 10.7. The first-order chi connectivity index (χ1) is 8.89. The molecule has 0 aliphatic carbocycles. The third-order valence-corrected chi connectivity index (χ3v) is 4.20. The lowest BCUT2D eigenvalue weighted by atomic mass is 10.2. The SMILES string of the molecule is CCS(=O)(=O)CCNc1ccc(C#N)c([N+](=O)[O-])c1. The molecule has 0 radical (unpaired) electrons. The maximum atomic E-state index is 11.3. The molecule has 0 aromatic heterocycles. The van der Waals surface area contributed by atoms with Crippen molar-refractivity contribution in [1.82, 2.24) is 0 Å². The number of hydrogen-bond acceptors (Lipinski definition) is 6. The molecule has 1 aromatic rings. The molecule has 0 amide bonds. The standard InChI is InChI=1S/C11H13N3O4S/c1-2-19(17,18)6-5-13-10-4-3-9(8-12)11(7-10)14(15)16/h3-4,7,13H,2,5-6H2,1H3. The maximum Gasteiger partial charge on any atom is 0.289 e. The molecule has 7 nitrogen and oxygen atoms in total. The Kier molecular flexibility index (Phi) is 4.83. The van der Waals surface area contributed by atoms with E-state index in [0.717, 1.165) is 0 Å². The zero-order valence-corrected chi connectivity index (χ0v) is 11.1. The molecular formula is C11H13N3O4S. The fraction of sp³-hybridized carbons (Fsp3) is 0.364. The van der Waals surface area contributed by atoms with Crippen LogP contribution in [0.15, 0.2) is 18.2 Å². The van der Waals surface area contributed by atoms with E-state index in [4.69, 9.17) is 5.26 Å². The molecule has 102 valence electrons. The lowest BCUT2D eigenvalue weighted by molar-refractivity contribution is -0.385. The van der Waals surface area contributed by atoms with Gasteiger partial charge in [0, 0.05) is 24.1 Å². The van der Waals surface area contributed by atoms with Gasteiger partial charge < -0.3 is 5.32 Å². The number of nitrogens with zero attached hydrogens (tertiary/aromatic N) is 2. The summed E-state index contributed by atoms with van der Waals surface area (Å²) in [5, 5.41) is 22.3. The van der Waals surface area contributed by atoms with E-state index in [9.17, 15) is 18.5 Å². The molecule has 0 bridgehead atoms. The Morgan fingerprint density at radius 1 is 1.47 bits per heavy atom. The van der Waals surface area contributed by atoms with Crippen LogP contribution in [0.25, 0.3) is 0 Å². The van der Waals surface area contributed by atoms with Crippen molar-refractivity contribution in [2.24, 2.45) is 0 Å². The molecule has 8 heteroatoms. The monoisotopic (exact) mass is 283 g/mol. The van der Waals surface area contributed by atoms with Gasteiger partial charge in [-0.25, -0.2) is 8.42 Å². The van der Waals surface area contributed by atoms with Gasteiger partial charge >= 0.3 is 0 Å². The molecule has 0 spiro atoms. The van der Waals surface area contributed by atoms with Crippen molar-refractivity contribution >= 4 is 21.2 Å². The van der Waals surface area contributed by atoms with Crippen LogP contribution in [0.1, 0.15) is 12.5 Å². The molecular weight excluding hydrogens is 270 g/mol. The second kappa shape index (κ2) is 6.15. The Morgan fingerprint density at radius 2 is 2.16 bits per heavy atom. The summed E-state index contributed by atoms with van der Waals surface area (Å²) in [6.45, 7) is 1.72. The second-order valence-corrected chi connectivity index (χ2v) is 6.24. The number of nitro groups is 1. The second-order valence-electron chi connectivity index (χ2n) is 3.76. The molecule has 0 saturated carbocycles. The van der Waals surface area contributed by atoms with Gasteiger partial charge in [-0.05, 0) is 12.1 Å². The summed E-state index contributed by atoms with van der Waals surface area (Å²) in [5.74, 6) is 0.0134. The Morgan fingerprint density at radius 3 is 2.68 bits per heavy atom.